The number of hydrogen-bond donors (Lipinski definition) is 3. The van der Waals surface area contributed by atoms with E-state index in [0.29, 0.717) is 0 Å². The maximum Gasteiger partial charge on any atom is 0.431 e. The third kappa shape index (κ3) is 2.34. The number of halogens is 3. The molecule has 82 valence electrons. The molecule has 0 aliphatic rings. The van der Waals surface area contributed by atoms with Crippen LogP contribution in [-0.4, -0.2) is 11.3 Å². The van der Waals surface area contributed by atoms with Crippen molar-refractivity contribution in [3.05, 3.63) is 34.7 Å². The standard InChI is InChI=1S/C9H9F3N2O/c10-9(11,12)7(13)5-3-1-2-4-6(5)8(14)15/h1-4,15H,13-14H2/b7-5-,8-6+. The van der Waals surface area contributed by atoms with E-state index in [1.807, 2.05) is 0 Å². The van der Waals surface area contributed by atoms with Crippen molar-refractivity contribution in [2.45, 2.75) is 6.18 Å². The van der Waals surface area contributed by atoms with Crippen molar-refractivity contribution >= 4 is 11.6 Å². The van der Waals surface area contributed by atoms with Crippen molar-refractivity contribution in [1.82, 2.24) is 0 Å². The molecule has 1 aromatic rings. The number of alkyl halides is 3. The van der Waals surface area contributed by atoms with E-state index in [1.54, 1.807) is 0 Å². The fourth-order valence-electron chi connectivity index (χ4n) is 1.09. The fourth-order valence-corrected chi connectivity index (χ4v) is 1.09. The molecule has 0 fully saturated rings. The van der Waals surface area contributed by atoms with Gasteiger partial charge in [-0.05, 0) is 6.07 Å². The van der Waals surface area contributed by atoms with E-state index in [1.165, 1.54) is 18.2 Å². The normalized spacial score (nSPS) is 15.9. The molecular weight excluding hydrogens is 209 g/mol. The molecule has 0 unspecified atom stereocenters. The Balaban J connectivity index is 3.74. The molecule has 3 nitrogen and oxygen atoms in total. The topological polar surface area (TPSA) is 72.3 Å². The van der Waals surface area contributed by atoms with Gasteiger partial charge in [-0.25, -0.2) is 0 Å². The van der Waals surface area contributed by atoms with Gasteiger partial charge in [0.05, 0.1) is 0 Å². The summed E-state index contributed by atoms with van der Waals surface area (Å²) >= 11 is 0. The van der Waals surface area contributed by atoms with E-state index in [4.69, 9.17) is 16.6 Å². The molecule has 0 radical (unpaired) electrons. The molecule has 0 aliphatic heterocycles. The van der Waals surface area contributed by atoms with Gasteiger partial charge in [-0.15, -0.1) is 0 Å². The van der Waals surface area contributed by atoms with Gasteiger partial charge in [-0.3, -0.25) is 0 Å². The lowest BCUT2D eigenvalue weighted by molar-refractivity contribution is -0.0719. The van der Waals surface area contributed by atoms with Crippen LogP contribution in [0.15, 0.2) is 24.3 Å². The SMILES string of the molecule is N/C(=c1/cccc/c1=C(/N)O)C(F)(F)F. The van der Waals surface area contributed by atoms with Crippen LogP contribution in [0.4, 0.5) is 13.2 Å². The molecule has 1 rings (SSSR count). The van der Waals surface area contributed by atoms with E-state index in [9.17, 15) is 13.2 Å². The predicted molar refractivity (Wildman–Crippen MR) is 49.6 cm³/mol. The van der Waals surface area contributed by atoms with E-state index < -0.39 is 17.8 Å². The molecule has 5 N–H and O–H groups in total. The van der Waals surface area contributed by atoms with Crippen molar-refractivity contribution in [3.63, 3.8) is 0 Å². The van der Waals surface area contributed by atoms with Crippen LogP contribution in [0, 0.1) is 0 Å². The lowest BCUT2D eigenvalue weighted by Gasteiger charge is -2.06. The summed E-state index contributed by atoms with van der Waals surface area (Å²) in [5.41, 5.74) is 8.67. The fraction of sp³-hybridized carbons (Fsp3) is 0.111. The van der Waals surface area contributed by atoms with Gasteiger partial charge in [0.2, 0.25) is 0 Å². The van der Waals surface area contributed by atoms with Gasteiger partial charge in [-0.1, -0.05) is 18.2 Å². The Morgan fingerprint density at radius 3 is 1.93 bits per heavy atom. The Kier molecular flexibility index (Phi) is 2.78. The number of rotatable bonds is 0. The number of nitrogens with two attached hydrogens (primary N) is 2. The predicted octanol–water partition coefficient (Wildman–Crippen LogP) is -0.102. The van der Waals surface area contributed by atoms with Crippen LogP contribution in [0.5, 0.6) is 0 Å². The van der Waals surface area contributed by atoms with Gasteiger partial charge in [-0.2, -0.15) is 13.2 Å². The highest BCUT2D eigenvalue weighted by Crippen LogP contribution is 2.20. The van der Waals surface area contributed by atoms with Crippen LogP contribution in [0.2, 0.25) is 0 Å². The highest BCUT2D eigenvalue weighted by atomic mass is 19.4. The molecule has 0 aromatic heterocycles. The van der Waals surface area contributed by atoms with Gasteiger partial charge in [0, 0.05) is 10.4 Å². The first kappa shape index (κ1) is 11.2. The Bertz CT molecular complexity index is 475. The third-order valence-corrected chi connectivity index (χ3v) is 1.80. The number of hydrogen-bond acceptors (Lipinski definition) is 3. The van der Waals surface area contributed by atoms with E-state index >= 15 is 0 Å². The summed E-state index contributed by atoms with van der Waals surface area (Å²) in [6, 6.07) is 5.22. The molecule has 0 aliphatic carbocycles. The second-order valence-corrected chi connectivity index (χ2v) is 2.84. The van der Waals surface area contributed by atoms with Crippen LogP contribution < -0.4 is 21.9 Å². The van der Waals surface area contributed by atoms with Crippen molar-refractivity contribution in [1.29, 1.82) is 0 Å². The van der Waals surface area contributed by atoms with E-state index in [0.717, 1.165) is 6.07 Å². The highest BCUT2D eigenvalue weighted by Gasteiger charge is 2.32. The second kappa shape index (κ2) is 3.72. The molecule has 6 heteroatoms. The maximum atomic E-state index is 12.3. The summed E-state index contributed by atoms with van der Waals surface area (Å²) in [5, 5.41) is 8.52. The highest BCUT2D eigenvalue weighted by molar-refractivity contribution is 5.48. The molecule has 0 saturated heterocycles. The molecule has 0 bridgehead atoms. The van der Waals surface area contributed by atoms with Gasteiger partial charge in [0.15, 0.2) is 5.88 Å². The van der Waals surface area contributed by atoms with Crippen molar-refractivity contribution < 1.29 is 18.3 Å². The Labute approximate surface area is 83.1 Å². The molecule has 15 heavy (non-hydrogen) atoms. The maximum absolute atomic E-state index is 12.3. The lowest BCUT2D eigenvalue weighted by Crippen LogP contribution is -2.38. The van der Waals surface area contributed by atoms with E-state index in [2.05, 4.69) is 0 Å². The average Bonchev–Trinajstić information content (AvgIpc) is 2.15. The minimum atomic E-state index is -4.65. The summed E-state index contributed by atoms with van der Waals surface area (Å²) in [6.45, 7) is 0. The quantitative estimate of drug-likeness (QED) is 0.569. The monoisotopic (exact) mass is 218 g/mol. The third-order valence-electron chi connectivity index (χ3n) is 1.80. The first-order valence-electron chi connectivity index (χ1n) is 3.95. The number of aliphatic hydroxyl groups excluding tert-OH is 1. The van der Waals surface area contributed by atoms with Crippen LogP contribution in [0.1, 0.15) is 0 Å². The summed E-state index contributed by atoms with van der Waals surface area (Å²) in [4.78, 5) is 0. The molecule has 0 saturated carbocycles. The minimum Gasteiger partial charge on any atom is -0.495 e. The molecule has 0 amide bonds. The zero-order valence-electron chi connectivity index (χ0n) is 7.55. The smallest absolute Gasteiger partial charge is 0.431 e. The first-order chi connectivity index (χ1) is 6.84. The van der Waals surface area contributed by atoms with Gasteiger partial charge in [0.25, 0.3) is 0 Å². The minimum absolute atomic E-state index is 0.132. The average molecular weight is 218 g/mol. The van der Waals surface area contributed by atoms with Gasteiger partial charge < -0.3 is 16.6 Å². The zero-order chi connectivity index (χ0) is 11.6. The first-order valence-corrected chi connectivity index (χ1v) is 3.95. The molecule has 1 aromatic carbocycles. The Morgan fingerprint density at radius 2 is 1.53 bits per heavy atom. The molecule has 0 heterocycles. The van der Waals surface area contributed by atoms with Gasteiger partial charge in [0.1, 0.15) is 5.70 Å². The van der Waals surface area contributed by atoms with Crippen LogP contribution >= 0.6 is 0 Å². The Morgan fingerprint density at radius 1 is 1.07 bits per heavy atom. The van der Waals surface area contributed by atoms with Gasteiger partial charge >= 0.3 is 6.18 Å². The molecular formula is C9H9F3N2O. The number of aliphatic hydroxyl groups is 1. The van der Waals surface area contributed by atoms with E-state index in [-0.39, 0.29) is 10.4 Å². The number of benzene rings is 1. The molecule has 0 spiro atoms. The van der Waals surface area contributed by atoms with Crippen molar-refractivity contribution in [2.24, 2.45) is 11.5 Å². The van der Waals surface area contributed by atoms with Crippen molar-refractivity contribution in [3.8, 4) is 0 Å². The van der Waals surface area contributed by atoms with Crippen LogP contribution in [0.3, 0.4) is 0 Å². The summed E-state index contributed by atoms with van der Waals surface area (Å²) in [5.74, 6) is -0.696. The van der Waals surface area contributed by atoms with Crippen LogP contribution in [0.25, 0.3) is 11.6 Å². The van der Waals surface area contributed by atoms with Crippen molar-refractivity contribution in [2.75, 3.05) is 0 Å². The zero-order valence-corrected chi connectivity index (χ0v) is 7.55. The summed E-state index contributed by atoms with van der Waals surface area (Å²) in [7, 11) is 0. The summed E-state index contributed by atoms with van der Waals surface area (Å²) in [6.07, 6.45) is -4.65. The Hall–Kier alpha value is -1.85. The lowest BCUT2D eigenvalue weighted by atomic mass is 10.2. The van der Waals surface area contributed by atoms with Crippen LogP contribution in [-0.2, 0) is 0 Å². The largest absolute Gasteiger partial charge is 0.495 e. The summed E-state index contributed by atoms with van der Waals surface area (Å²) < 4.78 is 36.9. The second-order valence-electron chi connectivity index (χ2n) is 2.84. The molecule has 0 atom stereocenters.